The molecule has 2 aliphatic rings. The Morgan fingerprint density at radius 2 is 2.03 bits per heavy atom. The second-order valence-electron chi connectivity index (χ2n) is 8.02. The summed E-state index contributed by atoms with van der Waals surface area (Å²) >= 11 is 1.20. The van der Waals surface area contributed by atoms with Gasteiger partial charge in [0.25, 0.3) is 5.91 Å². The number of para-hydroxylation sites is 1. The zero-order chi connectivity index (χ0) is 23.0. The van der Waals surface area contributed by atoms with Crippen LogP contribution in [0.1, 0.15) is 58.3 Å². The summed E-state index contributed by atoms with van der Waals surface area (Å²) in [7, 11) is 1.28. The Morgan fingerprint density at radius 3 is 2.75 bits per heavy atom. The van der Waals surface area contributed by atoms with Gasteiger partial charge in [-0.3, -0.25) is 14.4 Å². The number of carbonyl (C=O) groups excluding carboxylic acids is 4. The molecule has 0 unspecified atom stereocenters. The highest BCUT2D eigenvalue weighted by Gasteiger charge is 2.42. The topological polar surface area (TPSA) is 109 Å². The number of nitrogens with one attached hydrogen (secondary N) is 1. The summed E-state index contributed by atoms with van der Waals surface area (Å²) in [6.07, 6.45) is 1.32. The lowest BCUT2D eigenvalue weighted by Crippen LogP contribution is -2.47. The molecule has 1 aromatic heterocycles. The number of rotatable bonds is 5. The number of aromatic nitrogens is 1. The molecule has 1 fully saturated rings. The van der Waals surface area contributed by atoms with Gasteiger partial charge in [0.2, 0.25) is 11.8 Å². The molecule has 9 nitrogen and oxygen atoms in total. The van der Waals surface area contributed by atoms with Crippen LogP contribution in [-0.4, -0.2) is 59.8 Å². The number of amides is 3. The first kappa shape index (κ1) is 21.9. The van der Waals surface area contributed by atoms with Crippen molar-refractivity contribution in [3.8, 4) is 0 Å². The summed E-state index contributed by atoms with van der Waals surface area (Å²) in [5.41, 5.74) is 0.998. The predicted molar refractivity (Wildman–Crippen MR) is 119 cm³/mol. The number of thiazole rings is 1. The van der Waals surface area contributed by atoms with E-state index in [9.17, 15) is 19.2 Å². The standard InChI is InChI=1S/C22H24N4O5S/c1-12(2)18-17(21(30)31-3)24-22(32-18)23-16(27)11-26-14-8-5-4-7-13(14)19(28)25-10-6-9-15(25)20(26)29/h4-5,7-8,12,15H,6,9-11H2,1-3H3,(H,23,24,27)/t15-/m0/s1. The maximum Gasteiger partial charge on any atom is 0.357 e. The number of esters is 1. The third-order valence-corrected chi connectivity index (χ3v) is 6.87. The van der Waals surface area contributed by atoms with Gasteiger partial charge >= 0.3 is 5.97 Å². The van der Waals surface area contributed by atoms with Gasteiger partial charge in [-0.05, 0) is 30.9 Å². The van der Waals surface area contributed by atoms with Crippen molar-refractivity contribution >= 4 is 45.8 Å². The highest BCUT2D eigenvalue weighted by Crippen LogP contribution is 2.33. The van der Waals surface area contributed by atoms with Crippen LogP contribution in [0.4, 0.5) is 10.8 Å². The zero-order valence-corrected chi connectivity index (χ0v) is 18.9. The van der Waals surface area contributed by atoms with Crippen molar-refractivity contribution in [2.45, 2.75) is 38.6 Å². The number of nitrogens with zero attached hydrogens (tertiary/aromatic N) is 3. The fraction of sp³-hybridized carbons (Fsp3) is 0.409. The zero-order valence-electron chi connectivity index (χ0n) is 18.1. The van der Waals surface area contributed by atoms with Gasteiger partial charge in [0.05, 0.1) is 18.4 Å². The molecule has 2 aliphatic heterocycles. The monoisotopic (exact) mass is 456 g/mol. The average Bonchev–Trinajstić information content (AvgIpc) is 3.42. The molecular weight excluding hydrogens is 432 g/mol. The molecule has 2 aromatic rings. The molecule has 0 saturated carbocycles. The predicted octanol–water partition coefficient (Wildman–Crippen LogP) is 2.64. The highest BCUT2D eigenvalue weighted by molar-refractivity contribution is 7.16. The molecule has 0 radical (unpaired) electrons. The molecule has 168 valence electrons. The minimum absolute atomic E-state index is 0.0191. The number of methoxy groups -OCH3 is 1. The Kier molecular flexibility index (Phi) is 5.96. The van der Waals surface area contributed by atoms with E-state index >= 15 is 0 Å². The van der Waals surface area contributed by atoms with Crippen molar-refractivity contribution in [1.82, 2.24) is 9.88 Å². The third-order valence-electron chi connectivity index (χ3n) is 5.59. The molecule has 3 amide bonds. The van der Waals surface area contributed by atoms with Crippen LogP contribution in [0.15, 0.2) is 24.3 Å². The van der Waals surface area contributed by atoms with Crippen LogP contribution in [0, 0.1) is 0 Å². The summed E-state index contributed by atoms with van der Waals surface area (Å²) in [5.74, 6) is -1.48. The number of ether oxygens (including phenoxy) is 1. The fourth-order valence-corrected chi connectivity index (χ4v) is 5.07. The lowest BCUT2D eigenvalue weighted by Gasteiger charge is -2.25. The number of fused-ring (bicyclic) bond motifs is 2. The molecule has 0 bridgehead atoms. The summed E-state index contributed by atoms with van der Waals surface area (Å²) < 4.78 is 4.79. The van der Waals surface area contributed by atoms with E-state index in [0.29, 0.717) is 29.1 Å². The lowest BCUT2D eigenvalue weighted by atomic mass is 10.1. The van der Waals surface area contributed by atoms with Crippen LogP contribution in [0.5, 0.6) is 0 Å². The van der Waals surface area contributed by atoms with Crippen LogP contribution < -0.4 is 10.2 Å². The number of carbonyl (C=O) groups is 4. The normalized spacial score (nSPS) is 17.8. The number of hydrogen-bond donors (Lipinski definition) is 1. The first-order chi connectivity index (χ1) is 15.3. The molecule has 1 saturated heterocycles. The first-order valence-electron chi connectivity index (χ1n) is 10.4. The smallest absolute Gasteiger partial charge is 0.357 e. The third kappa shape index (κ3) is 3.86. The second kappa shape index (κ2) is 8.70. The van der Waals surface area contributed by atoms with E-state index < -0.39 is 17.9 Å². The molecular formula is C22H24N4O5S. The molecule has 4 rings (SSSR count). The maximum absolute atomic E-state index is 13.3. The summed E-state index contributed by atoms with van der Waals surface area (Å²) in [5, 5.41) is 2.95. The van der Waals surface area contributed by atoms with Crippen LogP contribution in [0.3, 0.4) is 0 Å². The van der Waals surface area contributed by atoms with Crippen molar-refractivity contribution in [1.29, 1.82) is 0 Å². The van der Waals surface area contributed by atoms with E-state index in [1.807, 2.05) is 13.8 Å². The van der Waals surface area contributed by atoms with Gasteiger partial charge in [0.15, 0.2) is 10.8 Å². The molecule has 1 aromatic carbocycles. The maximum atomic E-state index is 13.3. The molecule has 3 heterocycles. The van der Waals surface area contributed by atoms with Crippen molar-refractivity contribution < 1.29 is 23.9 Å². The molecule has 0 aliphatic carbocycles. The Balaban J connectivity index is 1.60. The van der Waals surface area contributed by atoms with Crippen molar-refractivity contribution in [3.63, 3.8) is 0 Å². The Hall–Kier alpha value is -3.27. The van der Waals surface area contributed by atoms with Gasteiger partial charge in [0.1, 0.15) is 12.6 Å². The fourth-order valence-electron chi connectivity index (χ4n) is 4.09. The van der Waals surface area contributed by atoms with Gasteiger partial charge in [-0.1, -0.05) is 26.0 Å². The van der Waals surface area contributed by atoms with E-state index in [-0.39, 0.29) is 35.1 Å². The van der Waals surface area contributed by atoms with Crippen LogP contribution in [0.25, 0.3) is 0 Å². The minimum Gasteiger partial charge on any atom is -0.464 e. The Morgan fingerprint density at radius 1 is 1.28 bits per heavy atom. The Labute approximate surface area is 189 Å². The van der Waals surface area contributed by atoms with Crippen molar-refractivity contribution in [2.75, 3.05) is 30.4 Å². The first-order valence-corrected chi connectivity index (χ1v) is 11.2. The van der Waals surface area contributed by atoms with Gasteiger partial charge in [-0.15, -0.1) is 11.3 Å². The van der Waals surface area contributed by atoms with Crippen molar-refractivity contribution in [2.24, 2.45) is 0 Å². The van der Waals surface area contributed by atoms with Gasteiger partial charge in [-0.25, -0.2) is 9.78 Å². The summed E-state index contributed by atoms with van der Waals surface area (Å²) in [4.78, 5) is 59.1. The van der Waals surface area contributed by atoms with Crippen LogP contribution in [0.2, 0.25) is 0 Å². The van der Waals surface area contributed by atoms with Gasteiger partial charge in [-0.2, -0.15) is 0 Å². The second-order valence-corrected chi connectivity index (χ2v) is 9.06. The van der Waals surface area contributed by atoms with Crippen LogP contribution >= 0.6 is 11.3 Å². The van der Waals surface area contributed by atoms with Gasteiger partial charge < -0.3 is 19.9 Å². The number of anilines is 2. The van der Waals surface area contributed by atoms with Crippen molar-refractivity contribution in [3.05, 3.63) is 40.4 Å². The van der Waals surface area contributed by atoms with Crippen LogP contribution in [-0.2, 0) is 14.3 Å². The quantitative estimate of drug-likeness (QED) is 0.693. The van der Waals surface area contributed by atoms with E-state index in [0.717, 1.165) is 6.42 Å². The molecule has 32 heavy (non-hydrogen) atoms. The minimum atomic E-state index is -0.568. The highest BCUT2D eigenvalue weighted by atomic mass is 32.1. The van der Waals surface area contributed by atoms with E-state index in [4.69, 9.17) is 4.74 Å². The largest absolute Gasteiger partial charge is 0.464 e. The SMILES string of the molecule is COC(=O)c1nc(NC(=O)CN2C(=O)[C@@H]3CCCN3C(=O)c3ccccc32)sc1C(C)C. The number of benzene rings is 1. The summed E-state index contributed by atoms with van der Waals surface area (Å²) in [6.45, 7) is 4.10. The summed E-state index contributed by atoms with van der Waals surface area (Å²) in [6, 6.07) is 6.26. The van der Waals surface area contributed by atoms with E-state index in [2.05, 4.69) is 10.3 Å². The van der Waals surface area contributed by atoms with Gasteiger partial charge in [0, 0.05) is 11.4 Å². The Bertz CT molecular complexity index is 1100. The van der Waals surface area contributed by atoms with E-state index in [1.54, 1.807) is 29.2 Å². The molecule has 1 atom stereocenters. The molecule has 0 spiro atoms. The van der Waals surface area contributed by atoms with E-state index in [1.165, 1.54) is 23.3 Å². The molecule has 1 N–H and O–H groups in total. The average molecular weight is 457 g/mol. The number of hydrogen-bond acceptors (Lipinski definition) is 7. The molecule has 10 heteroatoms. The lowest BCUT2D eigenvalue weighted by molar-refractivity contribution is -0.124.